The molecule has 3 N–H and O–H groups in total. The van der Waals surface area contributed by atoms with Gasteiger partial charge in [0, 0.05) is 13.1 Å². The summed E-state index contributed by atoms with van der Waals surface area (Å²) in [5, 5.41) is 2.79. The van der Waals surface area contributed by atoms with Crippen molar-refractivity contribution in [1.82, 2.24) is 10.2 Å². The smallest absolute Gasteiger partial charge is 0.410 e. The summed E-state index contributed by atoms with van der Waals surface area (Å²) in [5.74, 6) is -0.195. The lowest BCUT2D eigenvalue weighted by molar-refractivity contribution is -0.122. The zero-order valence-electron chi connectivity index (χ0n) is 12.9. The maximum Gasteiger partial charge on any atom is 0.410 e. The minimum Gasteiger partial charge on any atom is -0.444 e. The molecule has 0 aromatic heterocycles. The zero-order valence-corrected chi connectivity index (χ0v) is 12.9. The molecule has 0 radical (unpaired) electrons. The van der Waals surface area contributed by atoms with Gasteiger partial charge in [-0.3, -0.25) is 4.79 Å². The number of rotatable bonds is 3. The monoisotopic (exact) mass is 285 g/mol. The Bertz CT molecular complexity index is 350. The Morgan fingerprint density at radius 3 is 2.60 bits per heavy atom. The highest BCUT2D eigenvalue weighted by Crippen LogP contribution is 2.20. The first kappa shape index (κ1) is 16.8. The van der Waals surface area contributed by atoms with E-state index in [1.165, 1.54) is 0 Å². The van der Waals surface area contributed by atoms with Gasteiger partial charge in [-0.2, -0.15) is 0 Å². The second-order valence-corrected chi connectivity index (χ2v) is 6.36. The lowest BCUT2D eigenvalue weighted by atomic mass is 10.0. The van der Waals surface area contributed by atoms with Crippen molar-refractivity contribution in [2.75, 3.05) is 13.1 Å². The Hall–Kier alpha value is -1.30. The summed E-state index contributed by atoms with van der Waals surface area (Å²) in [6.45, 7) is 8.29. The van der Waals surface area contributed by atoms with Crippen molar-refractivity contribution < 1.29 is 14.3 Å². The van der Waals surface area contributed by atoms with Gasteiger partial charge < -0.3 is 20.7 Å². The van der Waals surface area contributed by atoms with Gasteiger partial charge in [-0.25, -0.2) is 4.79 Å². The Balaban J connectivity index is 2.58. The van der Waals surface area contributed by atoms with E-state index in [1.807, 2.05) is 20.8 Å². The molecule has 0 aromatic rings. The van der Waals surface area contributed by atoms with Crippen LogP contribution in [0.15, 0.2) is 0 Å². The zero-order chi connectivity index (χ0) is 15.3. The summed E-state index contributed by atoms with van der Waals surface area (Å²) in [5.41, 5.74) is 5.01. The predicted octanol–water partition coefficient (Wildman–Crippen LogP) is 1.24. The molecule has 0 aromatic carbocycles. The number of carbonyl (C=O) groups excluding carboxylic acids is 2. The highest BCUT2D eigenvalue weighted by Gasteiger charge is 2.30. The van der Waals surface area contributed by atoms with Gasteiger partial charge in [-0.15, -0.1) is 0 Å². The fourth-order valence-corrected chi connectivity index (χ4v) is 2.15. The lowest BCUT2D eigenvalue weighted by Gasteiger charge is -2.36. The molecule has 1 aliphatic heterocycles. The number of piperidine rings is 1. The molecule has 0 saturated carbocycles. The van der Waals surface area contributed by atoms with Crippen LogP contribution in [0.5, 0.6) is 0 Å². The molecule has 116 valence electrons. The third kappa shape index (κ3) is 5.36. The largest absolute Gasteiger partial charge is 0.444 e. The summed E-state index contributed by atoms with van der Waals surface area (Å²) in [7, 11) is 0. The molecule has 2 amide bonds. The van der Waals surface area contributed by atoms with Crippen molar-refractivity contribution in [1.29, 1.82) is 0 Å². The molecule has 1 fully saturated rings. The summed E-state index contributed by atoms with van der Waals surface area (Å²) in [6.07, 6.45) is 2.59. The Kier molecular flexibility index (Phi) is 5.80. The molecule has 1 rings (SSSR count). The van der Waals surface area contributed by atoms with Crippen molar-refractivity contribution in [3.05, 3.63) is 0 Å². The molecule has 6 heteroatoms. The topological polar surface area (TPSA) is 84.7 Å². The fraction of sp³-hybridized carbons (Fsp3) is 0.857. The third-order valence-corrected chi connectivity index (χ3v) is 3.18. The summed E-state index contributed by atoms with van der Waals surface area (Å²) in [4.78, 5) is 25.4. The number of nitrogens with one attached hydrogen (secondary N) is 1. The number of nitrogens with two attached hydrogens (primary N) is 1. The second-order valence-electron chi connectivity index (χ2n) is 6.36. The van der Waals surface area contributed by atoms with Gasteiger partial charge in [-0.1, -0.05) is 0 Å². The van der Waals surface area contributed by atoms with Crippen LogP contribution < -0.4 is 11.1 Å². The molecule has 1 heterocycles. The molecular weight excluding hydrogens is 258 g/mol. The predicted molar refractivity (Wildman–Crippen MR) is 77.2 cm³/mol. The molecule has 2 unspecified atom stereocenters. The summed E-state index contributed by atoms with van der Waals surface area (Å²) < 4.78 is 5.41. The third-order valence-electron chi connectivity index (χ3n) is 3.18. The van der Waals surface area contributed by atoms with Crippen molar-refractivity contribution in [2.24, 2.45) is 5.73 Å². The Morgan fingerprint density at radius 1 is 1.40 bits per heavy atom. The van der Waals surface area contributed by atoms with Gasteiger partial charge in [0.1, 0.15) is 5.60 Å². The first-order valence-corrected chi connectivity index (χ1v) is 7.23. The molecule has 1 aliphatic rings. The molecule has 0 aliphatic carbocycles. The average Bonchev–Trinajstić information content (AvgIpc) is 2.34. The van der Waals surface area contributed by atoms with E-state index in [-0.39, 0.29) is 18.0 Å². The molecule has 0 bridgehead atoms. The molecule has 0 spiro atoms. The first-order valence-electron chi connectivity index (χ1n) is 7.23. The van der Waals surface area contributed by atoms with Gasteiger partial charge in [-0.05, 0) is 47.0 Å². The molecule has 20 heavy (non-hydrogen) atoms. The SMILES string of the molecule is CC(N)C(=O)NCC1CCCCN1C(=O)OC(C)(C)C. The van der Waals surface area contributed by atoms with Crippen LogP contribution in [-0.2, 0) is 9.53 Å². The maximum atomic E-state index is 12.2. The van der Waals surface area contributed by atoms with Gasteiger partial charge in [0.05, 0.1) is 12.1 Å². The van der Waals surface area contributed by atoms with E-state index < -0.39 is 11.6 Å². The van der Waals surface area contributed by atoms with E-state index in [9.17, 15) is 9.59 Å². The molecule has 2 atom stereocenters. The van der Waals surface area contributed by atoms with E-state index in [0.29, 0.717) is 13.1 Å². The fourth-order valence-electron chi connectivity index (χ4n) is 2.15. The van der Waals surface area contributed by atoms with Crippen molar-refractivity contribution >= 4 is 12.0 Å². The number of nitrogens with zero attached hydrogens (tertiary/aromatic N) is 1. The number of hydrogen-bond acceptors (Lipinski definition) is 4. The highest BCUT2D eigenvalue weighted by molar-refractivity contribution is 5.81. The lowest BCUT2D eigenvalue weighted by Crippen LogP contribution is -2.52. The first-order chi connectivity index (χ1) is 9.20. The molecular formula is C14H27N3O3. The highest BCUT2D eigenvalue weighted by atomic mass is 16.6. The minimum absolute atomic E-state index is 0.0127. The van der Waals surface area contributed by atoms with Crippen LogP contribution in [0.2, 0.25) is 0 Å². The number of carbonyl (C=O) groups is 2. The standard InChI is InChI=1S/C14H27N3O3/c1-10(15)12(18)16-9-11-7-5-6-8-17(11)13(19)20-14(2,3)4/h10-11H,5-9,15H2,1-4H3,(H,16,18). The van der Waals surface area contributed by atoms with Crippen LogP contribution in [0.25, 0.3) is 0 Å². The number of likely N-dealkylation sites (tertiary alicyclic amines) is 1. The van der Waals surface area contributed by atoms with Gasteiger partial charge in [0.2, 0.25) is 5.91 Å². The Morgan fingerprint density at radius 2 is 2.05 bits per heavy atom. The van der Waals surface area contributed by atoms with E-state index in [4.69, 9.17) is 10.5 Å². The maximum absolute atomic E-state index is 12.2. The van der Waals surface area contributed by atoms with Crippen LogP contribution in [0.3, 0.4) is 0 Å². The van der Waals surface area contributed by atoms with Crippen LogP contribution >= 0.6 is 0 Å². The van der Waals surface area contributed by atoms with Gasteiger partial charge in [0.15, 0.2) is 0 Å². The number of ether oxygens (including phenoxy) is 1. The van der Waals surface area contributed by atoms with Crippen LogP contribution in [-0.4, -0.2) is 47.7 Å². The van der Waals surface area contributed by atoms with Crippen LogP contribution in [0.4, 0.5) is 4.79 Å². The normalized spacial score (nSPS) is 21.2. The second kappa shape index (κ2) is 6.92. The van der Waals surface area contributed by atoms with E-state index in [2.05, 4.69) is 5.32 Å². The van der Waals surface area contributed by atoms with E-state index in [1.54, 1.807) is 11.8 Å². The summed E-state index contributed by atoms with van der Waals surface area (Å²) in [6, 6.07) is -0.546. The van der Waals surface area contributed by atoms with Crippen molar-refractivity contribution in [2.45, 2.75) is 64.6 Å². The Labute approximate surface area is 121 Å². The van der Waals surface area contributed by atoms with Crippen LogP contribution in [0, 0.1) is 0 Å². The summed E-state index contributed by atoms with van der Waals surface area (Å²) >= 11 is 0. The van der Waals surface area contributed by atoms with Crippen LogP contribution in [0.1, 0.15) is 47.0 Å². The van der Waals surface area contributed by atoms with Crippen molar-refractivity contribution in [3.8, 4) is 0 Å². The number of hydrogen-bond donors (Lipinski definition) is 2. The minimum atomic E-state index is -0.534. The average molecular weight is 285 g/mol. The van der Waals surface area contributed by atoms with E-state index >= 15 is 0 Å². The van der Waals surface area contributed by atoms with Gasteiger partial charge >= 0.3 is 6.09 Å². The molecule has 1 saturated heterocycles. The molecule has 6 nitrogen and oxygen atoms in total. The quantitative estimate of drug-likeness (QED) is 0.817. The van der Waals surface area contributed by atoms with Crippen molar-refractivity contribution in [3.63, 3.8) is 0 Å². The van der Waals surface area contributed by atoms with E-state index in [0.717, 1.165) is 19.3 Å². The number of amides is 2. The van der Waals surface area contributed by atoms with Gasteiger partial charge in [0.25, 0.3) is 0 Å².